The predicted octanol–water partition coefficient (Wildman–Crippen LogP) is 9.25. The number of hydrogen-bond acceptors (Lipinski definition) is 2. The first-order valence-electron chi connectivity index (χ1n) is 11.9. The van der Waals surface area contributed by atoms with Gasteiger partial charge in [-0.15, -0.1) is 0 Å². The van der Waals surface area contributed by atoms with Gasteiger partial charge >= 0.3 is 12.2 Å². The van der Waals surface area contributed by atoms with Crippen LogP contribution in [0.4, 0.5) is 48.3 Å². The molecule has 0 bridgehead atoms. The Kier molecular flexibility index (Phi) is 7.97. The van der Waals surface area contributed by atoms with Crippen LogP contribution in [0.1, 0.15) is 38.2 Å². The summed E-state index contributed by atoms with van der Waals surface area (Å²) in [6, 6.07) is 1.65. The number of rotatable bonds is 7. The highest BCUT2D eigenvalue weighted by molar-refractivity contribution is 5.66. The summed E-state index contributed by atoms with van der Waals surface area (Å²) in [4.78, 5) is 0. The summed E-state index contributed by atoms with van der Waals surface area (Å²) < 4.78 is 165. The lowest BCUT2D eigenvalue weighted by atomic mass is 9.82. The molecule has 1 aliphatic rings. The summed E-state index contributed by atoms with van der Waals surface area (Å²) in [5.41, 5.74) is -3.75. The molecule has 3 aromatic carbocycles. The van der Waals surface area contributed by atoms with Gasteiger partial charge in [-0.2, -0.15) is 22.0 Å². The Hall–Kier alpha value is -3.51. The van der Waals surface area contributed by atoms with Crippen LogP contribution in [0.5, 0.6) is 11.5 Å². The quantitative estimate of drug-likeness (QED) is 0.204. The largest absolute Gasteiger partial charge is 0.432 e. The van der Waals surface area contributed by atoms with Crippen molar-refractivity contribution in [1.82, 2.24) is 0 Å². The zero-order valence-corrected chi connectivity index (χ0v) is 20.4. The first kappa shape index (κ1) is 29.5. The molecule has 1 saturated carbocycles. The topological polar surface area (TPSA) is 18.5 Å². The van der Waals surface area contributed by atoms with Crippen molar-refractivity contribution in [2.75, 3.05) is 0 Å². The Morgan fingerprint density at radius 2 is 1.20 bits per heavy atom. The highest BCUT2D eigenvalue weighted by atomic mass is 19.3. The van der Waals surface area contributed by atoms with E-state index in [0.29, 0.717) is 25.0 Å². The Labute approximate surface area is 220 Å². The van der Waals surface area contributed by atoms with E-state index in [1.54, 1.807) is 0 Å². The number of benzene rings is 3. The maximum Gasteiger partial charge on any atom is 0.432 e. The first-order valence-corrected chi connectivity index (χ1v) is 11.9. The molecule has 4 rings (SSSR count). The number of ether oxygens (including phenoxy) is 2. The normalized spacial score (nSPS) is 18.1. The number of alkyl halides is 4. The third-order valence-corrected chi connectivity index (χ3v) is 6.63. The van der Waals surface area contributed by atoms with Crippen LogP contribution < -0.4 is 9.47 Å². The van der Waals surface area contributed by atoms with E-state index in [1.165, 1.54) is 0 Å². The lowest BCUT2D eigenvalue weighted by Crippen LogP contribution is -2.37. The molecular weight excluding hydrogens is 565 g/mol. The molecule has 0 radical (unpaired) electrons. The van der Waals surface area contributed by atoms with Gasteiger partial charge in [-0.25, -0.2) is 26.3 Å². The van der Waals surface area contributed by atoms with Gasteiger partial charge in [0.1, 0.15) is 22.9 Å². The van der Waals surface area contributed by atoms with E-state index in [2.05, 4.69) is 9.47 Å². The molecule has 13 heteroatoms. The fourth-order valence-corrected chi connectivity index (χ4v) is 4.46. The molecule has 216 valence electrons. The summed E-state index contributed by atoms with van der Waals surface area (Å²) in [6.45, 7) is 1.89. The zero-order valence-electron chi connectivity index (χ0n) is 20.4. The smallest absolute Gasteiger partial charge is 0.429 e. The first-order chi connectivity index (χ1) is 18.6. The third-order valence-electron chi connectivity index (χ3n) is 6.63. The molecule has 3 aromatic rings. The molecule has 2 nitrogen and oxygen atoms in total. The molecule has 0 aromatic heterocycles. The molecule has 1 fully saturated rings. The second-order valence-electron chi connectivity index (χ2n) is 9.49. The van der Waals surface area contributed by atoms with Gasteiger partial charge < -0.3 is 9.47 Å². The molecule has 0 aliphatic heterocycles. The minimum Gasteiger partial charge on any atom is -0.429 e. The average molecular weight is 584 g/mol. The Morgan fingerprint density at radius 3 is 1.75 bits per heavy atom. The van der Waals surface area contributed by atoms with Gasteiger partial charge in [0.25, 0.3) is 0 Å². The van der Waals surface area contributed by atoms with Crippen LogP contribution >= 0.6 is 0 Å². The van der Waals surface area contributed by atoms with Gasteiger partial charge in [0.2, 0.25) is 5.82 Å². The van der Waals surface area contributed by atoms with E-state index in [0.717, 1.165) is 0 Å². The summed E-state index contributed by atoms with van der Waals surface area (Å²) in [5, 5.41) is 0. The van der Waals surface area contributed by atoms with Crippen molar-refractivity contribution in [3.63, 3.8) is 0 Å². The lowest BCUT2D eigenvalue weighted by molar-refractivity contribution is -0.224. The fraction of sp³-hybridized carbons (Fsp3) is 0.333. The highest BCUT2D eigenvalue weighted by Crippen LogP contribution is 2.42. The Bertz CT molecular complexity index is 1370. The average Bonchev–Trinajstić information content (AvgIpc) is 2.84. The summed E-state index contributed by atoms with van der Waals surface area (Å²) in [6.07, 6.45) is -7.56. The molecule has 0 heterocycles. The highest BCUT2D eigenvalue weighted by Gasteiger charge is 2.45. The Balaban J connectivity index is 1.61. The molecule has 40 heavy (non-hydrogen) atoms. The third kappa shape index (κ3) is 5.83. The van der Waals surface area contributed by atoms with Crippen LogP contribution in [0, 0.1) is 52.6 Å². The number of hydrogen-bond donors (Lipinski definition) is 0. The molecular formula is C27H19F11O2. The van der Waals surface area contributed by atoms with E-state index in [1.807, 2.05) is 6.92 Å². The van der Waals surface area contributed by atoms with Crippen LogP contribution in [-0.4, -0.2) is 6.11 Å². The molecule has 1 aliphatic carbocycles. The van der Waals surface area contributed by atoms with Crippen molar-refractivity contribution in [2.45, 2.75) is 44.8 Å². The van der Waals surface area contributed by atoms with Crippen LogP contribution in [-0.2, 0) is 6.11 Å². The lowest BCUT2D eigenvalue weighted by Gasteiger charge is -2.32. The van der Waals surface area contributed by atoms with Crippen molar-refractivity contribution in [2.24, 2.45) is 11.8 Å². The summed E-state index contributed by atoms with van der Waals surface area (Å²) >= 11 is 0. The molecule has 0 saturated heterocycles. The monoisotopic (exact) mass is 584 g/mol. The van der Waals surface area contributed by atoms with Crippen LogP contribution in [0.15, 0.2) is 36.4 Å². The van der Waals surface area contributed by atoms with Crippen molar-refractivity contribution in [3.8, 4) is 22.6 Å². The van der Waals surface area contributed by atoms with Crippen LogP contribution in [0.25, 0.3) is 11.1 Å². The predicted molar refractivity (Wildman–Crippen MR) is 119 cm³/mol. The minimum atomic E-state index is -4.91. The second kappa shape index (κ2) is 10.8. The van der Waals surface area contributed by atoms with Crippen molar-refractivity contribution in [3.05, 3.63) is 82.7 Å². The summed E-state index contributed by atoms with van der Waals surface area (Å²) in [7, 11) is 0. The van der Waals surface area contributed by atoms with Crippen molar-refractivity contribution >= 4 is 0 Å². The van der Waals surface area contributed by atoms with Gasteiger partial charge in [0.15, 0.2) is 29.0 Å². The molecule has 0 spiro atoms. The van der Waals surface area contributed by atoms with Gasteiger partial charge in [0.05, 0.1) is 5.92 Å². The van der Waals surface area contributed by atoms with Gasteiger partial charge in [-0.1, -0.05) is 19.8 Å². The van der Waals surface area contributed by atoms with Gasteiger partial charge in [-0.3, -0.25) is 0 Å². The van der Waals surface area contributed by atoms with E-state index in [9.17, 15) is 48.3 Å². The van der Waals surface area contributed by atoms with E-state index >= 15 is 0 Å². The fourth-order valence-electron chi connectivity index (χ4n) is 4.46. The van der Waals surface area contributed by atoms with Crippen LogP contribution in [0.2, 0.25) is 0 Å². The van der Waals surface area contributed by atoms with Gasteiger partial charge in [0, 0.05) is 17.7 Å². The zero-order chi connectivity index (χ0) is 29.6. The Morgan fingerprint density at radius 1 is 0.650 bits per heavy atom. The molecule has 0 unspecified atom stereocenters. The molecule has 0 atom stereocenters. The molecule has 0 amide bonds. The van der Waals surface area contributed by atoms with Crippen LogP contribution in [0.3, 0.4) is 0 Å². The van der Waals surface area contributed by atoms with E-state index < -0.39 is 87.0 Å². The van der Waals surface area contributed by atoms with Crippen molar-refractivity contribution < 1.29 is 57.8 Å². The SMILES string of the molecule is CC1CCC(C(F)(F)Oc2ccc(-c3cc(F)c(C(F)(F)Oc4cc(F)c(F)c(F)c4)c(F)c3)c(F)c2F)CC1. The maximum absolute atomic E-state index is 14.8. The van der Waals surface area contributed by atoms with E-state index in [-0.39, 0.29) is 43.0 Å². The number of halogens is 11. The maximum atomic E-state index is 14.8. The van der Waals surface area contributed by atoms with Gasteiger partial charge in [-0.05, 0) is 48.6 Å². The molecule has 0 N–H and O–H groups in total. The van der Waals surface area contributed by atoms with E-state index in [4.69, 9.17) is 0 Å². The van der Waals surface area contributed by atoms with Crippen molar-refractivity contribution in [1.29, 1.82) is 0 Å². The minimum absolute atomic E-state index is 0.0105. The second-order valence-corrected chi connectivity index (χ2v) is 9.49. The summed E-state index contributed by atoms with van der Waals surface area (Å²) in [5.74, 6) is -17.2. The standard InChI is InChI=1S/C27H19F11O2/c1-12-2-4-14(5-3-12)26(35,36)40-21-7-6-16(23(32)25(21)34)13-8-17(28)22(18(29)9-13)27(37,38)39-15-10-19(30)24(33)20(31)11-15/h6-12,14H,2-5H2,1H3.